The van der Waals surface area contributed by atoms with Crippen LogP contribution in [0.2, 0.25) is 0 Å². The first-order valence-corrected chi connectivity index (χ1v) is 11.8. The highest BCUT2D eigenvalue weighted by Gasteiger charge is 2.29. The molecule has 2 saturated carbocycles. The molecule has 33 heavy (non-hydrogen) atoms. The molecule has 2 aliphatic carbocycles. The van der Waals surface area contributed by atoms with Crippen LogP contribution in [0.4, 0.5) is 10.5 Å². The van der Waals surface area contributed by atoms with Crippen molar-refractivity contribution in [2.45, 2.75) is 57.0 Å². The fraction of sp³-hybridized carbons (Fsp3) is 0.385. The third-order valence-electron chi connectivity index (χ3n) is 7.16. The monoisotopic (exact) mass is 442 g/mol. The van der Waals surface area contributed by atoms with Gasteiger partial charge in [-0.3, -0.25) is 0 Å². The summed E-state index contributed by atoms with van der Waals surface area (Å²) in [6.45, 7) is 0.211. The molecule has 168 valence electrons. The Morgan fingerprint density at radius 1 is 1.00 bits per heavy atom. The van der Waals surface area contributed by atoms with Crippen molar-refractivity contribution in [3.05, 3.63) is 42.0 Å². The van der Waals surface area contributed by atoms with Crippen LogP contribution in [0.3, 0.4) is 0 Å². The number of amides is 2. The summed E-state index contributed by atoms with van der Waals surface area (Å²) < 4.78 is 13.5. The van der Waals surface area contributed by atoms with E-state index in [2.05, 4.69) is 21.3 Å². The molecular weight excluding hydrogens is 416 g/mol. The lowest BCUT2D eigenvalue weighted by molar-refractivity contribution is 0.174. The Kier molecular flexibility index (Phi) is 4.87. The Hall–Kier alpha value is -3.66. The largest absolute Gasteiger partial charge is 0.454 e. The zero-order chi connectivity index (χ0) is 22.4. The summed E-state index contributed by atoms with van der Waals surface area (Å²) in [6, 6.07) is 14.6. The third kappa shape index (κ3) is 3.46. The zero-order valence-electron chi connectivity index (χ0n) is 18.4. The number of carbonyl (C=O) groups is 1. The summed E-state index contributed by atoms with van der Waals surface area (Å²) in [5, 5.41) is 17.0. The van der Waals surface area contributed by atoms with E-state index in [1.807, 2.05) is 36.4 Å². The molecule has 2 fully saturated rings. The van der Waals surface area contributed by atoms with E-state index in [1.165, 1.54) is 19.3 Å². The molecule has 3 aliphatic rings. The smallest absolute Gasteiger partial charge is 0.319 e. The van der Waals surface area contributed by atoms with Crippen molar-refractivity contribution in [1.82, 2.24) is 9.88 Å². The van der Waals surface area contributed by atoms with Crippen LogP contribution < -0.4 is 20.1 Å². The number of hydrogen-bond acceptors (Lipinski definition) is 4. The summed E-state index contributed by atoms with van der Waals surface area (Å²) >= 11 is 0. The molecule has 1 aromatic heterocycles. The summed E-state index contributed by atoms with van der Waals surface area (Å²) in [4.78, 5) is 12.3. The molecule has 0 saturated heterocycles. The second kappa shape index (κ2) is 8.04. The van der Waals surface area contributed by atoms with Crippen molar-refractivity contribution in [2.24, 2.45) is 0 Å². The fourth-order valence-corrected chi connectivity index (χ4v) is 5.25. The minimum atomic E-state index is -0.162. The number of nitriles is 1. The summed E-state index contributed by atoms with van der Waals surface area (Å²) in [5.74, 6) is 1.41. The molecule has 2 amide bonds. The molecule has 0 unspecified atom stereocenters. The van der Waals surface area contributed by atoms with E-state index < -0.39 is 0 Å². The van der Waals surface area contributed by atoms with Crippen LogP contribution in [0.1, 0.15) is 56.6 Å². The van der Waals surface area contributed by atoms with Gasteiger partial charge in [-0.05, 0) is 55.9 Å². The molecular formula is C26H26N4O3. The second-order valence-corrected chi connectivity index (χ2v) is 9.17. The first kappa shape index (κ1) is 20.0. The topological polar surface area (TPSA) is 88.3 Å². The van der Waals surface area contributed by atoms with E-state index in [0.717, 1.165) is 59.3 Å². The molecule has 6 rings (SSSR count). The van der Waals surface area contributed by atoms with Crippen molar-refractivity contribution in [3.63, 3.8) is 0 Å². The van der Waals surface area contributed by atoms with E-state index >= 15 is 0 Å². The number of fused-ring (bicyclic) bond motifs is 2. The predicted molar refractivity (Wildman–Crippen MR) is 126 cm³/mol. The Morgan fingerprint density at radius 2 is 1.73 bits per heavy atom. The Labute approximate surface area is 192 Å². The molecule has 7 nitrogen and oxygen atoms in total. The minimum absolute atomic E-state index is 0.162. The van der Waals surface area contributed by atoms with Crippen LogP contribution in [-0.4, -0.2) is 23.4 Å². The first-order valence-electron chi connectivity index (χ1n) is 11.8. The van der Waals surface area contributed by atoms with Crippen LogP contribution in [-0.2, 0) is 0 Å². The number of carbonyl (C=O) groups excluding carboxylic acids is 1. The first-order chi connectivity index (χ1) is 16.2. The van der Waals surface area contributed by atoms with Gasteiger partial charge in [0.05, 0.1) is 16.8 Å². The average Bonchev–Trinajstić information content (AvgIpc) is 3.51. The lowest BCUT2D eigenvalue weighted by Crippen LogP contribution is -2.36. The predicted octanol–water partition coefficient (Wildman–Crippen LogP) is 5.70. The fourth-order valence-electron chi connectivity index (χ4n) is 5.25. The maximum absolute atomic E-state index is 12.3. The molecule has 7 heteroatoms. The number of benzene rings is 2. The van der Waals surface area contributed by atoms with Gasteiger partial charge in [-0.2, -0.15) is 5.26 Å². The van der Waals surface area contributed by atoms with Crippen LogP contribution in [0.25, 0.3) is 22.2 Å². The van der Waals surface area contributed by atoms with Gasteiger partial charge in [-0.25, -0.2) is 4.79 Å². The van der Waals surface area contributed by atoms with Gasteiger partial charge in [-0.15, -0.1) is 0 Å². The average molecular weight is 443 g/mol. The van der Waals surface area contributed by atoms with Crippen LogP contribution in [0.15, 0.2) is 36.4 Å². The maximum Gasteiger partial charge on any atom is 0.319 e. The number of aromatic nitrogens is 1. The van der Waals surface area contributed by atoms with Gasteiger partial charge in [0.25, 0.3) is 0 Å². The van der Waals surface area contributed by atoms with Crippen LogP contribution in [0.5, 0.6) is 11.5 Å². The van der Waals surface area contributed by atoms with Gasteiger partial charge < -0.3 is 24.7 Å². The SMILES string of the molecule is N#Cc1c(-c2ccc(NC(=O)NC3CCCC3)cc2)n(C2CCC2)c2cc3c(cc12)OCO3. The lowest BCUT2D eigenvalue weighted by Gasteiger charge is -2.30. The highest BCUT2D eigenvalue weighted by molar-refractivity contribution is 5.97. The molecule has 0 bridgehead atoms. The van der Waals surface area contributed by atoms with E-state index in [1.54, 1.807) is 0 Å². The molecule has 2 heterocycles. The van der Waals surface area contributed by atoms with Gasteiger partial charge in [-0.1, -0.05) is 25.0 Å². The van der Waals surface area contributed by atoms with Gasteiger partial charge in [0.15, 0.2) is 11.5 Å². The number of urea groups is 1. The Balaban J connectivity index is 1.36. The second-order valence-electron chi connectivity index (χ2n) is 9.17. The van der Waals surface area contributed by atoms with E-state index in [4.69, 9.17) is 9.47 Å². The maximum atomic E-state index is 12.3. The zero-order valence-corrected chi connectivity index (χ0v) is 18.4. The van der Waals surface area contributed by atoms with Crippen molar-refractivity contribution in [2.75, 3.05) is 12.1 Å². The minimum Gasteiger partial charge on any atom is -0.454 e. The van der Waals surface area contributed by atoms with Crippen LogP contribution >= 0.6 is 0 Å². The number of nitrogens with zero attached hydrogens (tertiary/aromatic N) is 2. The van der Waals surface area contributed by atoms with Gasteiger partial charge in [0, 0.05) is 29.2 Å². The Bertz CT molecular complexity index is 1260. The normalized spacial score (nSPS) is 17.7. The number of ether oxygens (including phenoxy) is 2. The van der Waals surface area contributed by atoms with Gasteiger partial charge in [0.2, 0.25) is 6.79 Å². The molecule has 0 spiro atoms. The van der Waals surface area contributed by atoms with Gasteiger partial charge in [0.1, 0.15) is 6.07 Å². The number of rotatable bonds is 4. The summed E-state index contributed by atoms with van der Waals surface area (Å²) in [7, 11) is 0. The summed E-state index contributed by atoms with van der Waals surface area (Å²) in [5.41, 5.74) is 4.27. The number of nitrogens with one attached hydrogen (secondary N) is 2. The quantitative estimate of drug-likeness (QED) is 0.543. The lowest BCUT2D eigenvalue weighted by atomic mass is 9.92. The van der Waals surface area contributed by atoms with Crippen molar-refractivity contribution in [3.8, 4) is 28.8 Å². The standard InChI is InChI=1S/C26H26N4O3/c27-14-21-20-12-23-24(33-15-32-23)13-22(20)30(19-6-3-7-19)25(21)16-8-10-18(11-9-16)29-26(31)28-17-4-1-2-5-17/h8-13,17,19H,1-7,15H2,(H2,28,29,31). The van der Waals surface area contributed by atoms with E-state index in [-0.39, 0.29) is 18.9 Å². The van der Waals surface area contributed by atoms with Crippen molar-refractivity contribution < 1.29 is 14.3 Å². The van der Waals surface area contributed by atoms with E-state index in [9.17, 15) is 10.1 Å². The molecule has 2 aromatic carbocycles. The highest BCUT2D eigenvalue weighted by atomic mass is 16.7. The number of anilines is 1. The van der Waals surface area contributed by atoms with E-state index in [0.29, 0.717) is 17.4 Å². The molecule has 0 radical (unpaired) electrons. The number of hydrogen-bond donors (Lipinski definition) is 2. The Morgan fingerprint density at radius 3 is 2.39 bits per heavy atom. The molecule has 2 N–H and O–H groups in total. The highest BCUT2D eigenvalue weighted by Crippen LogP contribution is 2.46. The van der Waals surface area contributed by atoms with Crippen molar-refractivity contribution >= 4 is 22.6 Å². The third-order valence-corrected chi connectivity index (χ3v) is 7.16. The molecule has 1 aliphatic heterocycles. The summed E-state index contributed by atoms with van der Waals surface area (Å²) in [6.07, 6.45) is 7.83. The van der Waals surface area contributed by atoms with Gasteiger partial charge >= 0.3 is 6.03 Å². The van der Waals surface area contributed by atoms with Crippen LogP contribution in [0, 0.1) is 11.3 Å². The molecule has 0 atom stereocenters. The molecule has 3 aromatic rings. The van der Waals surface area contributed by atoms with Crippen molar-refractivity contribution in [1.29, 1.82) is 5.26 Å².